The van der Waals surface area contributed by atoms with E-state index in [0.29, 0.717) is 22.5 Å². The van der Waals surface area contributed by atoms with Gasteiger partial charge < -0.3 is 15.0 Å². The Kier molecular flexibility index (Phi) is 8.03. The molecule has 1 aliphatic carbocycles. The molecule has 0 bridgehead atoms. The summed E-state index contributed by atoms with van der Waals surface area (Å²) >= 11 is 8.38. The van der Waals surface area contributed by atoms with E-state index in [-0.39, 0.29) is 11.9 Å². The summed E-state index contributed by atoms with van der Waals surface area (Å²) in [7, 11) is 3.70. The molecule has 0 atom stereocenters. The molecule has 1 aliphatic rings. The van der Waals surface area contributed by atoms with Gasteiger partial charge in [0.2, 0.25) is 0 Å². The van der Waals surface area contributed by atoms with Crippen molar-refractivity contribution in [1.29, 1.82) is 0 Å². The first-order valence-corrected chi connectivity index (χ1v) is 14.3. The van der Waals surface area contributed by atoms with E-state index in [0.717, 1.165) is 69.5 Å². The van der Waals surface area contributed by atoms with Crippen molar-refractivity contribution >= 4 is 38.9 Å². The number of nitrogens with one attached hydrogen (secondary N) is 1. The smallest absolute Gasteiger partial charge is 0.266 e. The minimum absolute atomic E-state index is 0.00396. The molecule has 2 heterocycles. The Morgan fingerprint density at radius 3 is 2.55 bits per heavy atom. The molecule has 1 amide bonds. The van der Waals surface area contributed by atoms with Crippen molar-refractivity contribution in [3.63, 3.8) is 0 Å². The number of pyridine rings is 1. The van der Waals surface area contributed by atoms with E-state index in [1.807, 2.05) is 62.3 Å². The van der Waals surface area contributed by atoms with Gasteiger partial charge in [0.25, 0.3) is 5.91 Å². The number of aromatic nitrogens is 1. The molecule has 1 saturated carbocycles. The normalized spacial score (nSPS) is 17.5. The number of rotatable bonds is 7. The van der Waals surface area contributed by atoms with Crippen molar-refractivity contribution in [1.82, 2.24) is 15.2 Å². The van der Waals surface area contributed by atoms with Gasteiger partial charge in [0, 0.05) is 46.2 Å². The molecule has 38 heavy (non-hydrogen) atoms. The molecule has 0 spiro atoms. The largest absolute Gasteiger partial charge is 0.496 e. The zero-order valence-corrected chi connectivity index (χ0v) is 24.0. The molecule has 0 radical (unpaired) electrons. The highest BCUT2D eigenvalue weighted by atomic mass is 35.5. The van der Waals surface area contributed by atoms with Gasteiger partial charge in [0.1, 0.15) is 10.6 Å². The maximum absolute atomic E-state index is 14.3. The molecule has 198 valence electrons. The number of nitrogens with zero attached hydrogens (tertiary/aromatic N) is 2. The molecule has 2 aromatic heterocycles. The van der Waals surface area contributed by atoms with Crippen LogP contribution in [0, 0.1) is 13.8 Å². The average Bonchev–Trinajstić information content (AvgIpc) is 3.28. The lowest BCUT2D eigenvalue weighted by Gasteiger charge is -2.37. The molecular weight excluding hydrogens is 514 g/mol. The summed E-state index contributed by atoms with van der Waals surface area (Å²) in [5.74, 6) is 0.773. The highest BCUT2D eigenvalue weighted by Crippen LogP contribution is 2.39. The Labute approximate surface area is 233 Å². The van der Waals surface area contributed by atoms with Crippen LogP contribution >= 0.6 is 22.9 Å². The molecule has 4 aromatic rings. The number of fused-ring (bicyclic) bond motifs is 1. The number of thiophene rings is 1. The number of amides is 1. The molecule has 7 heteroatoms. The number of ether oxygens (including phenoxy) is 1. The number of carbonyl (C=O) groups excluding carboxylic acids is 1. The molecule has 5 rings (SSSR count). The van der Waals surface area contributed by atoms with E-state index in [4.69, 9.17) is 16.3 Å². The number of benzene rings is 2. The molecule has 1 N–H and O–H groups in total. The Morgan fingerprint density at radius 2 is 1.87 bits per heavy atom. The fourth-order valence-corrected chi connectivity index (χ4v) is 7.21. The molecule has 0 unspecified atom stereocenters. The van der Waals surface area contributed by atoms with Crippen LogP contribution in [-0.2, 0) is 6.54 Å². The van der Waals surface area contributed by atoms with Gasteiger partial charge in [0.05, 0.1) is 12.1 Å². The van der Waals surface area contributed by atoms with E-state index >= 15 is 0 Å². The van der Waals surface area contributed by atoms with Crippen LogP contribution in [0.15, 0.2) is 54.7 Å². The fourth-order valence-electron chi connectivity index (χ4n) is 5.58. The van der Waals surface area contributed by atoms with Gasteiger partial charge in [-0.05, 0) is 93.6 Å². The number of halogens is 1. The standard InChI is InChI=1S/C31H34ClN3O2S/c1-19-6-5-7-27-28(19)29(32)30(38-27)31(36)35(25-11-9-24(33-3)10-12-25)18-23-17-21(8-13-26(23)37-4)22-14-15-34-20(2)16-22/h5-8,13-17,24-25,33H,9-12,18H2,1-4H3. The number of hydrogen-bond acceptors (Lipinski definition) is 5. The zero-order chi connectivity index (χ0) is 26.8. The second-order valence-electron chi connectivity index (χ2n) is 10.1. The monoisotopic (exact) mass is 547 g/mol. The van der Waals surface area contributed by atoms with Gasteiger partial charge >= 0.3 is 0 Å². The minimum Gasteiger partial charge on any atom is -0.496 e. The fraction of sp³-hybridized carbons (Fsp3) is 0.355. The van der Waals surface area contributed by atoms with Gasteiger partial charge in [-0.1, -0.05) is 29.8 Å². The number of hydrogen-bond donors (Lipinski definition) is 1. The summed E-state index contributed by atoms with van der Waals surface area (Å²) in [5, 5.41) is 4.95. The van der Waals surface area contributed by atoms with Crippen molar-refractivity contribution in [2.24, 2.45) is 0 Å². The minimum atomic E-state index is -0.00396. The van der Waals surface area contributed by atoms with Crippen LogP contribution in [0.3, 0.4) is 0 Å². The van der Waals surface area contributed by atoms with Crippen molar-refractivity contribution in [2.45, 2.75) is 58.2 Å². The number of methoxy groups -OCH3 is 1. The summed E-state index contributed by atoms with van der Waals surface area (Å²) in [5.41, 5.74) is 5.21. The van der Waals surface area contributed by atoms with E-state index in [9.17, 15) is 4.79 Å². The topological polar surface area (TPSA) is 54.5 Å². The lowest BCUT2D eigenvalue weighted by Crippen LogP contribution is -2.44. The summed E-state index contributed by atoms with van der Waals surface area (Å²) in [6, 6.07) is 17.0. The molecule has 5 nitrogen and oxygen atoms in total. The lowest BCUT2D eigenvalue weighted by atomic mass is 9.89. The van der Waals surface area contributed by atoms with Gasteiger partial charge in [0.15, 0.2) is 0 Å². The van der Waals surface area contributed by atoms with Crippen LogP contribution < -0.4 is 10.1 Å². The van der Waals surface area contributed by atoms with Gasteiger partial charge in [-0.25, -0.2) is 0 Å². The predicted octanol–water partition coefficient (Wildman–Crippen LogP) is 7.42. The maximum atomic E-state index is 14.3. The van der Waals surface area contributed by atoms with Crippen molar-refractivity contribution in [3.8, 4) is 16.9 Å². The van der Waals surface area contributed by atoms with Crippen molar-refractivity contribution in [2.75, 3.05) is 14.2 Å². The third kappa shape index (κ3) is 5.31. The van der Waals surface area contributed by atoms with Crippen LogP contribution in [0.2, 0.25) is 5.02 Å². The molecule has 2 aromatic carbocycles. The number of aryl methyl sites for hydroxylation is 2. The predicted molar refractivity (Wildman–Crippen MR) is 158 cm³/mol. The van der Waals surface area contributed by atoms with Crippen LogP contribution in [0.5, 0.6) is 5.75 Å². The van der Waals surface area contributed by atoms with Gasteiger partial charge in [-0.15, -0.1) is 11.3 Å². The third-order valence-corrected chi connectivity index (χ3v) is 9.35. The molecule has 0 aliphatic heterocycles. The third-order valence-electron chi connectivity index (χ3n) is 7.72. The first-order chi connectivity index (χ1) is 18.4. The molecular formula is C31H34ClN3O2S. The van der Waals surface area contributed by atoms with Gasteiger partial charge in [-0.3, -0.25) is 9.78 Å². The Balaban J connectivity index is 1.55. The lowest BCUT2D eigenvalue weighted by molar-refractivity contribution is 0.0604. The van der Waals surface area contributed by atoms with E-state index in [1.165, 1.54) is 11.3 Å². The quantitative estimate of drug-likeness (QED) is 0.261. The molecule has 1 fully saturated rings. The van der Waals surface area contributed by atoms with Gasteiger partial charge in [-0.2, -0.15) is 0 Å². The van der Waals surface area contributed by atoms with Crippen molar-refractivity contribution in [3.05, 3.63) is 81.4 Å². The first kappa shape index (κ1) is 26.7. The SMILES string of the molecule is CNC1CCC(N(Cc2cc(-c3ccnc(C)c3)ccc2OC)C(=O)c2sc3cccc(C)c3c2Cl)CC1. The number of carbonyl (C=O) groups is 1. The van der Waals surface area contributed by atoms with E-state index in [1.54, 1.807) is 7.11 Å². The van der Waals surface area contributed by atoms with E-state index < -0.39 is 0 Å². The van der Waals surface area contributed by atoms with Crippen molar-refractivity contribution < 1.29 is 9.53 Å². The Hall–Kier alpha value is -2.93. The van der Waals surface area contributed by atoms with Crippen LogP contribution in [0.1, 0.15) is 52.2 Å². The Bertz CT molecular complexity index is 1460. The van der Waals surface area contributed by atoms with Crippen LogP contribution in [0.4, 0.5) is 0 Å². The zero-order valence-electron chi connectivity index (χ0n) is 22.4. The summed E-state index contributed by atoms with van der Waals surface area (Å²) in [6.07, 6.45) is 5.81. The second kappa shape index (κ2) is 11.4. The highest BCUT2D eigenvalue weighted by molar-refractivity contribution is 7.21. The summed E-state index contributed by atoms with van der Waals surface area (Å²) in [6.45, 7) is 4.49. The van der Waals surface area contributed by atoms with Crippen LogP contribution in [0.25, 0.3) is 21.2 Å². The summed E-state index contributed by atoms with van der Waals surface area (Å²) < 4.78 is 6.82. The summed E-state index contributed by atoms with van der Waals surface area (Å²) in [4.78, 5) is 21.3. The highest BCUT2D eigenvalue weighted by Gasteiger charge is 2.32. The molecule has 0 saturated heterocycles. The average molecular weight is 548 g/mol. The first-order valence-electron chi connectivity index (χ1n) is 13.2. The maximum Gasteiger partial charge on any atom is 0.266 e. The van der Waals surface area contributed by atoms with E-state index in [2.05, 4.69) is 28.5 Å². The Morgan fingerprint density at radius 1 is 1.11 bits per heavy atom. The second-order valence-corrected chi connectivity index (χ2v) is 11.6. The van der Waals surface area contributed by atoms with Crippen LogP contribution in [-0.4, -0.2) is 42.0 Å².